The van der Waals surface area contributed by atoms with Crippen LogP contribution in [0, 0.1) is 11.7 Å². The number of piperidine rings is 1. The van der Waals surface area contributed by atoms with E-state index in [9.17, 15) is 22.4 Å². The van der Waals surface area contributed by atoms with E-state index in [0.717, 1.165) is 28.9 Å². The summed E-state index contributed by atoms with van der Waals surface area (Å²) in [4.78, 5) is 26.7. The average Bonchev–Trinajstić information content (AvgIpc) is 2.69. The average molecular weight is 483 g/mol. The number of carbonyl (C=O) groups is 2. The van der Waals surface area contributed by atoms with E-state index in [-0.39, 0.29) is 28.3 Å². The summed E-state index contributed by atoms with van der Waals surface area (Å²) in [5, 5.41) is 2.49. The van der Waals surface area contributed by atoms with Crippen LogP contribution in [0.1, 0.15) is 23.2 Å². The predicted octanol–water partition coefficient (Wildman–Crippen LogP) is 3.48. The fraction of sp³-hybridized carbons (Fsp3) is 0.300. The number of hydrogen-bond acceptors (Lipinski definition) is 4. The van der Waals surface area contributed by atoms with Gasteiger partial charge in [0.1, 0.15) is 5.82 Å². The summed E-state index contributed by atoms with van der Waals surface area (Å²) >= 11 is 3.33. The molecule has 0 radical (unpaired) electrons. The van der Waals surface area contributed by atoms with Crippen molar-refractivity contribution in [1.29, 1.82) is 0 Å². The Labute approximate surface area is 177 Å². The van der Waals surface area contributed by atoms with Crippen molar-refractivity contribution in [1.82, 2.24) is 4.90 Å². The summed E-state index contributed by atoms with van der Waals surface area (Å²) in [5.74, 6) is -1.56. The Kier molecular flexibility index (Phi) is 6.38. The molecule has 0 aliphatic carbocycles. The Morgan fingerprint density at radius 2 is 1.72 bits per heavy atom. The normalized spacial score (nSPS) is 15.2. The number of rotatable bonds is 4. The molecule has 1 aliphatic rings. The van der Waals surface area contributed by atoms with Crippen LogP contribution in [0.3, 0.4) is 0 Å². The number of anilines is 1. The van der Waals surface area contributed by atoms with Gasteiger partial charge in [-0.25, -0.2) is 12.8 Å². The van der Waals surface area contributed by atoms with Gasteiger partial charge in [0.15, 0.2) is 9.84 Å². The van der Waals surface area contributed by atoms with Crippen molar-refractivity contribution in [3.63, 3.8) is 0 Å². The van der Waals surface area contributed by atoms with Gasteiger partial charge in [-0.2, -0.15) is 0 Å². The van der Waals surface area contributed by atoms with Gasteiger partial charge in [-0.1, -0.05) is 15.9 Å². The summed E-state index contributed by atoms with van der Waals surface area (Å²) < 4.78 is 38.2. The van der Waals surface area contributed by atoms with Gasteiger partial charge in [0, 0.05) is 35.3 Å². The van der Waals surface area contributed by atoms with Gasteiger partial charge in [0.05, 0.1) is 10.6 Å². The fourth-order valence-corrected chi connectivity index (χ4v) is 4.10. The molecule has 0 bridgehead atoms. The lowest BCUT2D eigenvalue weighted by molar-refractivity contribution is -0.121. The number of nitrogens with one attached hydrogen (secondary N) is 1. The van der Waals surface area contributed by atoms with E-state index in [1.165, 1.54) is 0 Å². The Balaban J connectivity index is 1.62. The molecule has 0 spiro atoms. The van der Waals surface area contributed by atoms with Gasteiger partial charge in [0.2, 0.25) is 5.91 Å². The number of likely N-dealkylation sites (tertiary alicyclic amines) is 1. The zero-order chi connectivity index (χ0) is 21.2. The van der Waals surface area contributed by atoms with E-state index in [1.807, 2.05) is 0 Å². The molecule has 0 aromatic heterocycles. The third kappa shape index (κ3) is 5.22. The first kappa shape index (κ1) is 21.4. The Morgan fingerprint density at radius 3 is 2.31 bits per heavy atom. The molecule has 1 N–H and O–H groups in total. The fourth-order valence-electron chi connectivity index (χ4n) is 3.19. The maximum Gasteiger partial charge on any atom is 0.253 e. The molecule has 0 atom stereocenters. The third-order valence-electron chi connectivity index (χ3n) is 4.87. The van der Waals surface area contributed by atoms with E-state index in [4.69, 9.17) is 0 Å². The lowest BCUT2D eigenvalue weighted by atomic mass is 9.95. The van der Waals surface area contributed by atoms with Crippen LogP contribution in [-0.2, 0) is 14.6 Å². The van der Waals surface area contributed by atoms with E-state index in [0.29, 0.717) is 31.5 Å². The van der Waals surface area contributed by atoms with Crippen LogP contribution in [0.25, 0.3) is 0 Å². The summed E-state index contributed by atoms with van der Waals surface area (Å²) in [6, 6.07) is 10.4. The Morgan fingerprint density at radius 1 is 1.10 bits per heavy atom. The largest absolute Gasteiger partial charge is 0.339 e. The van der Waals surface area contributed by atoms with Crippen LogP contribution in [-0.4, -0.2) is 44.5 Å². The van der Waals surface area contributed by atoms with E-state index in [1.54, 1.807) is 29.2 Å². The number of sulfone groups is 1. The third-order valence-corrected chi connectivity index (χ3v) is 6.51. The van der Waals surface area contributed by atoms with Crippen molar-refractivity contribution in [2.45, 2.75) is 17.7 Å². The van der Waals surface area contributed by atoms with Crippen molar-refractivity contribution in [2.75, 3.05) is 24.7 Å². The summed E-state index contributed by atoms with van der Waals surface area (Å²) in [7, 11) is -3.51. The van der Waals surface area contributed by atoms with Crippen LogP contribution >= 0.6 is 15.9 Å². The molecule has 2 aromatic rings. The maximum atomic E-state index is 14.0. The molecule has 1 saturated heterocycles. The van der Waals surface area contributed by atoms with Crippen LogP contribution in [0.15, 0.2) is 51.8 Å². The van der Waals surface area contributed by atoms with Gasteiger partial charge in [-0.15, -0.1) is 0 Å². The van der Waals surface area contributed by atoms with Crippen molar-refractivity contribution < 1.29 is 22.4 Å². The van der Waals surface area contributed by atoms with Crippen LogP contribution in [0.2, 0.25) is 0 Å². The van der Waals surface area contributed by atoms with Crippen LogP contribution in [0.4, 0.5) is 10.1 Å². The quantitative estimate of drug-likeness (QED) is 0.676. The zero-order valence-electron chi connectivity index (χ0n) is 15.7. The lowest BCUT2D eigenvalue weighted by Gasteiger charge is -2.31. The molecule has 0 unspecified atom stereocenters. The highest BCUT2D eigenvalue weighted by atomic mass is 79.9. The second-order valence-electron chi connectivity index (χ2n) is 6.98. The molecule has 2 aromatic carbocycles. The minimum Gasteiger partial charge on any atom is -0.339 e. The molecule has 9 heteroatoms. The van der Waals surface area contributed by atoms with E-state index in [2.05, 4.69) is 21.2 Å². The monoisotopic (exact) mass is 482 g/mol. The number of carbonyl (C=O) groups excluding carboxylic acids is 2. The number of nitrogens with zero attached hydrogens (tertiary/aromatic N) is 1. The first-order chi connectivity index (χ1) is 13.6. The standard InChI is InChI=1S/C20H20BrFN2O4S/c1-29(27,28)16-6-7-17(22)18(12-16)23-19(25)13-8-10-24(11-9-13)20(26)14-2-4-15(21)5-3-14/h2-7,12-13H,8-11H2,1H3,(H,23,25). The zero-order valence-corrected chi connectivity index (χ0v) is 18.1. The smallest absolute Gasteiger partial charge is 0.253 e. The molecule has 1 heterocycles. The highest BCUT2D eigenvalue weighted by Gasteiger charge is 2.28. The van der Waals surface area contributed by atoms with Crippen LogP contribution in [0.5, 0.6) is 0 Å². The molecular formula is C20H20BrFN2O4S. The second kappa shape index (κ2) is 8.62. The van der Waals surface area contributed by atoms with Gasteiger partial charge < -0.3 is 10.2 Å². The minimum absolute atomic E-state index is 0.0656. The second-order valence-corrected chi connectivity index (χ2v) is 9.91. The summed E-state index contributed by atoms with van der Waals surface area (Å²) in [6.07, 6.45) is 1.91. The topological polar surface area (TPSA) is 83.6 Å². The molecule has 0 saturated carbocycles. The summed E-state index contributed by atoms with van der Waals surface area (Å²) in [6.45, 7) is 0.831. The lowest BCUT2D eigenvalue weighted by Crippen LogP contribution is -2.41. The Hall–Kier alpha value is -2.26. The minimum atomic E-state index is -3.51. The number of benzene rings is 2. The molecule has 2 amide bonds. The van der Waals surface area contributed by atoms with Crippen molar-refractivity contribution >= 4 is 43.3 Å². The highest BCUT2D eigenvalue weighted by Crippen LogP contribution is 2.24. The molecule has 1 fully saturated rings. The molecular weight excluding hydrogens is 463 g/mol. The molecule has 3 rings (SSSR count). The first-order valence-corrected chi connectivity index (χ1v) is 11.7. The molecule has 6 nitrogen and oxygen atoms in total. The molecule has 154 valence electrons. The number of amides is 2. The van der Waals surface area contributed by atoms with Gasteiger partial charge in [-0.3, -0.25) is 9.59 Å². The first-order valence-electron chi connectivity index (χ1n) is 9.00. The molecule has 29 heavy (non-hydrogen) atoms. The molecule has 1 aliphatic heterocycles. The van der Waals surface area contributed by atoms with Crippen molar-refractivity contribution in [3.8, 4) is 0 Å². The number of halogens is 2. The SMILES string of the molecule is CS(=O)(=O)c1ccc(F)c(NC(=O)C2CCN(C(=O)c3ccc(Br)cc3)CC2)c1. The maximum absolute atomic E-state index is 14.0. The highest BCUT2D eigenvalue weighted by molar-refractivity contribution is 9.10. The summed E-state index contributed by atoms with van der Waals surface area (Å²) in [5.41, 5.74) is 0.419. The van der Waals surface area contributed by atoms with E-state index >= 15 is 0 Å². The predicted molar refractivity (Wildman–Crippen MR) is 111 cm³/mol. The van der Waals surface area contributed by atoms with Crippen molar-refractivity contribution in [2.24, 2.45) is 5.92 Å². The van der Waals surface area contributed by atoms with Crippen LogP contribution < -0.4 is 5.32 Å². The van der Waals surface area contributed by atoms with Gasteiger partial charge in [-0.05, 0) is 55.3 Å². The number of hydrogen-bond donors (Lipinski definition) is 1. The van der Waals surface area contributed by atoms with Gasteiger partial charge in [0.25, 0.3) is 5.91 Å². The van der Waals surface area contributed by atoms with E-state index < -0.39 is 15.7 Å². The Bertz CT molecular complexity index is 1030. The van der Waals surface area contributed by atoms with Crippen molar-refractivity contribution in [3.05, 3.63) is 58.3 Å². The van der Waals surface area contributed by atoms with Gasteiger partial charge >= 0.3 is 0 Å².